The first-order valence-corrected chi connectivity index (χ1v) is 8.46. The molecule has 21 heavy (non-hydrogen) atoms. The van der Waals surface area contributed by atoms with Crippen LogP contribution in [-0.4, -0.2) is 50.6 Å². The number of rotatable bonds is 6. The summed E-state index contributed by atoms with van der Waals surface area (Å²) in [4.78, 5) is 13.1. The van der Waals surface area contributed by atoms with Gasteiger partial charge in [-0.25, -0.2) is 17.9 Å². The molecule has 0 saturated carbocycles. The van der Waals surface area contributed by atoms with Gasteiger partial charge in [0.05, 0.1) is 10.5 Å². The summed E-state index contributed by atoms with van der Waals surface area (Å²) < 4.78 is 26.9. The van der Waals surface area contributed by atoms with E-state index in [2.05, 4.69) is 16.5 Å². The molecule has 0 radical (unpaired) electrons. The zero-order valence-electron chi connectivity index (χ0n) is 11.9. The summed E-state index contributed by atoms with van der Waals surface area (Å²) in [5.41, 5.74) is 0.0725. The topological polar surface area (TPSA) is 86.7 Å². The molecule has 7 heteroatoms. The first-order chi connectivity index (χ1) is 9.92. The zero-order valence-corrected chi connectivity index (χ0v) is 12.8. The first kappa shape index (κ1) is 15.9. The number of carboxylic acids is 1. The minimum atomic E-state index is -3.58. The number of aromatic carboxylic acids is 1. The van der Waals surface area contributed by atoms with Crippen molar-refractivity contribution in [1.82, 2.24) is 9.62 Å². The highest BCUT2D eigenvalue weighted by molar-refractivity contribution is 7.89. The van der Waals surface area contributed by atoms with Gasteiger partial charge in [0, 0.05) is 13.1 Å². The monoisotopic (exact) mass is 312 g/mol. The molecule has 2 N–H and O–H groups in total. The molecule has 1 fully saturated rings. The Hall–Kier alpha value is -1.44. The van der Waals surface area contributed by atoms with E-state index in [1.165, 1.54) is 24.3 Å². The Morgan fingerprint density at radius 2 is 2.05 bits per heavy atom. The van der Waals surface area contributed by atoms with E-state index in [1.54, 1.807) is 0 Å². The van der Waals surface area contributed by atoms with Crippen LogP contribution >= 0.6 is 0 Å². The smallest absolute Gasteiger partial charge is 0.335 e. The highest BCUT2D eigenvalue weighted by atomic mass is 32.2. The van der Waals surface area contributed by atoms with Gasteiger partial charge in [-0.1, -0.05) is 6.92 Å². The summed E-state index contributed by atoms with van der Waals surface area (Å²) in [7, 11) is -3.58. The fourth-order valence-corrected chi connectivity index (χ4v) is 3.57. The lowest BCUT2D eigenvalue weighted by Crippen LogP contribution is -2.31. The summed E-state index contributed by atoms with van der Waals surface area (Å²) in [5, 5.41) is 8.80. The number of carboxylic acid groups (broad SMARTS) is 1. The minimum Gasteiger partial charge on any atom is -0.478 e. The number of nitrogens with one attached hydrogen (secondary N) is 1. The second-order valence-electron chi connectivity index (χ2n) is 5.23. The van der Waals surface area contributed by atoms with Crippen molar-refractivity contribution < 1.29 is 18.3 Å². The summed E-state index contributed by atoms with van der Waals surface area (Å²) in [6.45, 7) is 5.42. The van der Waals surface area contributed by atoms with Crippen molar-refractivity contribution in [2.24, 2.45) is 5.92 Å². The van der Waals surface area contributed by atoms with Crippen molar-refractivity contribution in [3.05, 3.63) is 29.8 Å². The minimum absolute atomic E-state index is 0.0725. The Bertz CT molecular complexity index is 598. The summed E-state index contributed by atoms with van der Waals surface area (Å²) in [5.74, 6) is -0.740. The molecule has 2 rings (SSSR count). The van der Waals surface area contributed by atoms with Crippen LogP contribution in [0.25, 0.3) is 0 Å². The van der Waals surface area contributed by atoms with Crippen LogP contribution in [0.4, 0.5) is 0 Å². The summed E-state index contributed by atoms with van der Waals surface area (Å²) in [6.07, 6.45) is 0.994. The van der Waals surface area contributed by atoms with Gasteiger partial charge in [0.25, 0.3) is 0 Å². The van der Waals surface area contributed by atoms with Gasteiger partial charge in [-0.3, -0.25) is 0 Å². The number of sulfonamides is 1. The lowest BCUT2D eigenvalue weighted by atomic mass is 10.1. The van der Waals surface area contributed by atoms with E-state index >= 15 is 0 Å². The van der Waals surface area contributed by atoms with Crippen LogP contribution in [0.15, 0.2) is 29.2 Å². The molecule has 1 aliphatic rings. The van der Waals surface area contributed by atoms with Crippen LogP contribution in [0.5, 0.6) is 0 Å². The summed E-state index contributed by atoms with van der Waals surface area (Å²) >= 11 is 0. The molecule has 0 spiro atoms. The van der Waals surface area contributed by atoms with Crippen LogP contribution in [0, 0.1) is 5.92 Å². The molecule has 1 heterocycles. The molecule has 1 atom stereocenters. The van der Waals surface area contributed by atoms with Gasteiger partial charge in [0.15, 0.2) is 0 Å². The largest absolute Gasteiger partial charge is 0.478 e. The van der Waals surface area contributed by atoms with Crippen molar-refractivity contribution in [3.8, 4) is 0 Å². The van der Waals surface area contributed by atoms with E-state index < -0.39 is 16.0 Å². The maximum Gasteiger partial charge on any atom is 0.335 e. The highest BCUT2D eigenvalue weighted by Crippen LogP contribution is 2.16. The number of nitrogens with zero attached hydrogens (tertiary/aromatic N) is 1. The maximum atomic E-state index is 12.1. The lowest BCUT2D eigenvalue weighted by Gasteiger charge is -2.14. The molecule has 0 aromatic heterocycles. The second kappa shape index (κ2) is 6.55. The number of likely N-dealkylation sites (tertiary alicyclic amines) is 1. The van der Waals surface area contributed by atoms with Gasteiger partial charge in [0.2, 0.25) is 10.0 Å². The molecular weight excluding hydrogens is 292 g/mol. The van der Waals surface area contributed by atoms with E-state index in [4.69, 9.17) is 5.11 Å². The molecule has 1 aromatic rings. The molecule has 1 aromatic carbocycles. The Balaban J connectivity index is 1.97. The normalized spacial score (nSPS) is 19.8. The van der Waals surface area contributed by atoms with Crippen LogP contribution in [0.2, 0.25) is 0 Å². The third kappa shape index (κ3) is 4.03. The van der Waals surface area contributed by atoms with Crippen LogP contribution in [0.3, 0.4) is 0 Å². The van der Waals surface area contributed by atoms with Crippen LogP contribution < -0.4 is 4.72 Å². The van der Waals surface area contributed by atoms with E-state index in [-0.39, 0.29) is 10.5 Å². The predicted octanol–water partition coefficient (Wildman–Crippen LogP) is 1.00. The molecule has 0 aliphatic carbocycles. The molecule has 1 aliphatic heterocycles. The lowest BCUT2D eigenvalue weighted by molar-refractivity contribution is 0.0696. The Kier molecular flexibility index (Phi) is 4.97. The SMILES string of the molecule is CCN1CCC(CNS(=O)(=O)c2ccc(C(=O)O)cc2)C1. The fraction of sp³-hybridized carbons (Fsp3) is 0.500. The zero-order chi connectivity index (χ0) is 15.5. The molecule has 116 valence electrons. The van der Waals surface area contributed by atoms with Crippen LogP contribution in [0.1, 0.15) is 23.7 Å². The van der Waals surface area contributed by atoms with Crippen molar-refractivity contribution in [3.63, 3.8) is 0 Å². The number of carbonyl (C=O) groups is 1. The number of hydrogen-bond donors (Lipinski definition) is 2. The van der Waals surface area contributed by atoms with E-state index in [9.17, 15) is 13.2 Å². The molecule has 0 amide bonds. The van der Waals surface area contributed by atoms with Gasteiger partial charge in [-0.05, 0) is 49.7 Å². The molecule has 1 unspecified atom stereocenters. The summed E-state index contributed by atoms with van der Waals surface area (Å²) in [6, 6.07) is 5.23. The predicted molar refractivity (Wildman–Crippen MR) is 78.8 cm³/mol. The molecule has 1 saturated heterocycles. The van der Waals surface area contributed by atoms with Gasteiger partial charge in [-0.2, -0.15) is 0 Å². The van der Waals surface area contributed by atoms with Crippen molar-refractivity contribution in [1.29, 1.82) is 0 Å². The fourth-order valence-electron chi connectivity index (χ4n) is 2.45. The van der Waals surface area contributed by atoms with Crippen LogP contribution in [-0.2, 0) is 10.0 Å². The van der Waals surface area contributed by atoms with Gasteiger partial charge in [0.1, 0.15) is 0 Å². The Morgan fingerprint density at radius 3 is 2.57 bits per heavy atom. The van der Waals surface area contributed by atoms with E-state index in [0.29, 0.717) is 12.5 Å². The third-order valence-electron chi connectivity index (χ3n) is 3.79. The molecular formula is C14H20N2O4S. The van der Waals surface area contributed by atoms with E-state index in [1.807, 2.05) is 0 Å². The van der Waals surface area contributed by atoms with Crippen molar-refractivity contribution in [2.45, 2.75) is 18.2 Å². The average molecular weight is 312 g/mol. The van der Waals surface area contributed by atoms with E-state index in [0.717, 1.165) is 26.1 Å². The molecule has 0 bridgehead atoms. The quantitative estimate of drug-likeness (QED) is 0.818. The van der Waals surface area contributed by atoms with Crippen molar-refractivity contribution in [2.75, 3.05) is 26.2 Å². The Labute approximate surface area is 124 Å². The first-order valence-electron chi connectivity index (χ1n) is 6.97. The number of benzene rings is 1. The third-order valence-corrected chi connectivity index (χ3v) is 5.23. The number of hydrogen-bond acceptors (Lipinski definition) is 4. The van der Waals surface area contributed by atoms with Gasteiger partial charge < -0.3 is 10.0 Å². The average Bonchev–Trinajstić information content (AvgIpc) is 2.93. The maximum absolute atomic E-state index is 12.1. The van der Waals surface area contributed by atoms with Crippen molar-refractivity contribution >= 4 is 16.0 Å². The van der Waals surface area contributed by atoms with Gasteiger partial charge >= 0.3 is 5.97 Å². The second-order valence-corrected chi connectivity index (χ2v) is 7.00. The molecule has 6 nitrogen and oxygen atoms in total. The van der Waals surface area contributed by atoms with Gasteiger partial charge in [-0.15, -0.1) is 0 Å². The highest BCUT2D eigenvalue weighted by Gasteiger charge is 2.23. The Morgan fingerprint density at radius 1 is 1.38 bits per heavy atom. The standard InChI is InChI=1S/C14H20N2O4S/c1-2-16-8-7-11(10-16)9-15-21(19,20)13-5-3-12(4-6-13)14(17)18/h3-6,11,15H,2,7-10H2,1H3,(H,17,18).